The minimum Gasteiger partial charge on any atom is -0.367 e. The number of hydrogen-bond acceptors (Lipinski definition) is 4. The number of carbonyl (C=O) groups excluding carboxylic acids is 1. The van der Waals surface area contributed by atoms with Crippen molar-refractivity contribution < 1.29 is 4.79 Å². The van der Waals surface area contributed by atoms with E-state index in [0.29, 0.717) is 6.54 Å². The molecule has 2 N–H and O–H groups in total. The molecule has 0 radical (unpaired) electrons. The highest BCUT2D eigenvalue weighted by atomic mass is 16.1. The van der Waals surface area contributed by atoms with Crippen LogP contribution in [0.2, 0.25) is 0 Å². The molecule has 0 saturated carbocycles. The van der Waals surface area contributed by atoms with Crippen molar-refractivity contribution in [3.05, 3.63) is 66.2 Å². The fraction of sp³-hybridized carbons (Fsp3) is 0.278. The van der Waals surface area contributed by atoms with E-state index in [2.05, 4.69) is 39.8 Å². The minimum atomic E-state index is 0.124. The lowest BCUT2D eigenvalue weighted by Crippen LogP contribution is -2.58. The summed E-state index contributed by atoms with van der Waals surface area (Å²) in [4.78, 5) is 14.5. The van der Waals surface area contributed by atoms with Crippen LogP contribution >= 0.6 is 0 Å². The number of nitrogens with one attached hydrogen (secondary N) is 2. The molecule has 1 aliphatic heterocycles. The summed E-state index contributed by atoms with van der Waals surface area (Å²) >= 11 is 0. The summed E-state index contributed by atoms with van der Waals surface area (Å²) < 4.78 is 0. The molecule has 0 amide bonds. The van der Waals surface area contributed by atoms with E-state index in [1.807, 2.05) is 36.4 Å². The Morgan fingerprint density at radius 2 is 1.77 bits per heavy atom. The van der Waals surface area contributed by atoms with Crippen molar-refractivity contribution >= 4 is 11.5 Å². The van der Waals surface area contributed by atoms with Gasteiger partial charge in [-0.25, -0.2) is 0 Å². The standard InChI is InChI=1S/C18H21N3O/c22-17(15-7-3-1-4-8-15)13-20-18-14-21(12-11-19-18)16-9-5-2-6-10-16/h1-10,18-20H,11-14H2. The third kappa shape index (κ3) is 3.72. The van der Waals surface area contributed by atoms with Crippen LogP contribution in [0.15, 0.2) is 60.7 Å². The number of hydrogen-bond donors (Lipinski definition) is 2. The number of nitrogens with zero attached hydrogens (tertiary/aromatic N) is 1. The van der Waals surface area contributed by atoms with Gasteiger partial charge >= 0.3 is 0 Å². The average Bonchev–Trinajstić information content (AvgIpc) is 2.61. The SMILES string of the molecule is O=C(CNC1CN(c2ccccc2)CCN1)c1ccccc1. The highest BCUT2D eigenvalue weighted by molar-refractivity contribution is 5.97. The number of para-hydroxylation sites is 1. The first-order valence-corrected chi connectivity index (χ1v) is 7.68. The summed E-state index contributed by atoms with van der Waals surface area (Å²) in [6.07, 6.45) is 0.126. The van der Waals surface area contributed by atoms with E-state index >= 15 is 0 Å². The van der Waals surface area contributed by atoms with Crippen molar-refractivity contribution in [2.75, 3.05) is 31.1 Å². The molecule has 3 rings (SSSR count). The molecule has 1 fully saturated rings. The van der Waals surface area contributed by atoms with Crippen LogP contribution < -0.4 is 15.5 Å². The van der Waals surface area contributed by atoms with Gasteiger partial charge in [-0.2, -0.15) is 0 Å². The molecule has 114 valence electrons. The van der Waals surface area contributed by atoms with Gasteiger partial charge in [0, 0.05) is 30.9 Å². The number of carbonyl (C=O) groups is 1. The zero-order valence-electron chi connectivity index (χ0n) is 12.5. The van der Waals surface area contributed by atoms with Crippen LogP contribution in [0, 0.1) is 0 Å². The predicted octanol–water partition coefficient (Wildman–Crippen LogP) is 1.89. The smallest absolute Gasteiger partial charge is 0.176 e. The van der Waals surface area contributed by atoms with Crippen LogP contribution in [0.25, 0.3) is 0 Å². The Balaban J connectivity index is 1.54. The quantitative estimate of drug-likeness (QED) is 0.827. The minimum absolute atomic E-state index is 0.124. The number of benzene rings is 2. The number of Topliss-reactive ketones (excluding diaryl/α,β-unsaturated/α-hetero) is 1. The Morgan fingerprint density at radius 1 is 1.09 bits per heavy atom. The molecule has 0 spiro atoms. The molecule has 1 unspecified atom stereocenters. The first-order valence-electron chi connectivity index (χ1n) is 7.68. The molecule has 2 aromatic rings. The van der Waals surface area contributed by atoms with Crippen molar-refractivity contribution in [2.24, 2.45) is 0 Å². The van der Waals surface area contributed by atoms with Crippen molar-refractivity contribution in [3.63, 3.8) is 0 Å². The van der Waals surface area contributed by atoms with Gasteiger partial charge in [0.05, 0.1) is 12.7 Å². The van der Waals surface area contributed by atoms with E-state index in [1.54, 1.807) is 0 Å². The Kier molecular flexibility index (Phi) is 4.83. The van der Waals surface area contributed by atoms with Gasteiger partial charge < -0.3 is 4.90 Å². The van der Waals surface area contributed by atoms with E-state index in [-0.39, 0.29) is 11.9 Å². The lowest BCUT2D eigenvalue weighted by Gasteiger charge is -2.35. The first-order chi connectivity index (χ1) is 10.8. The fourth-order valence-corrected chi connectivity index (χ4v) is 2.70. The van der Waals surface area contributed by atoms with E-state index in [1.165, 1.54) is 5.69 Å². The van der Waals surface area contributed by atoms with Gasteiger partial charge in [0.15, 0.2) is 5.78 Å². The molecule has 1 aliphatic rings. The summed E-state index contributed by atoms with van der Waals surface area (Å²) in [5.74, 6) is 0.124. The number of rotatable bonds is 5. The summed E-state index contributed by atoms with van der Waals surface area (Å²) in [6, 6.07) is 19.8. The molecule has 0 aromatic heterocycles. The van der Waals surface area contributed by atoms with Crippen molar-refractivity contribution in [2.45, 2.75) is 6.17 Å². The second kappa shape index (κ2) is 7.20. The third-order valence-corrected chi connectivity index (χ3v) is 3.90. The molecule has 0 bridgehead atoms. The summed E-state index contributed by atoms with van der Waals surface area (Å²) in [5.41, 5.74) is 1.98. The van der Waals surface area contributed by atoms with E-state index in [0.717, 1.165) is 25.2 Å². The normalized spacial score (nSPS) is 18.2. The fourth-order valence-electron chi connectivity index (χ4n) is 2.70. The highest BCUT2D eigenvalue weighted by Gasteiger charge is 2.19. The largest absolute Gasteiger partial charge is 0.367 e. The van der Waals surface area contributed by atoms with E-state index in [9.17, 15) is 4.79 Å². The maximum atomic E-state index is 12.1. The van der Waals surface area contributed by atoms with Gasteiger partial charge in [-0.15, -0.1) is 0 Å². The lowest BCUT2D eigenvalue weighted by molar-refractivity contribution is 0.0984. The Labute approximate surface area is 131 Å². The number of ketones is 1. The molecule has 4 heteroatoms. The molecule has 1 saturated heterocycles. The Morgan fingerprint density at radius 3 is 2.50 bits per heavy atom. The predicted molar refractivity (Wildman–Crippen MR) is 89.2 cm³/mol. The molecule has 4 nitrogen and oxygen atoms in total. The maximum absolute atomic E-state index is 12.1. The zero-order chi connectivity index (χ0) is 15.2. The van der Waals surface area contributed by atoms with Crippen LogP contribution in [0.5, 0.6) is 0 Å². The van der Waals surface area contributed by atoms with E-state index < -0.39 is 0 Å². The van der Waals surface area contributed by atoms with Gasteiger partial charge in [-0.3, -0.25) is 15.4 Å². The topological polar surface area (TPSA) is 44.4 Å². The molecule has 1 atom stereocenters. The third-order valence-electron chi connectivity index (χ3n) is 3.90. The van der Waals surface area contributed by atoms with Gasteiger partial charge in [0.1, 0.15) is 0 Å². The Hall–Kier alpha value is -2.17. The first kappa shape index (κ1) is 14.8. The molecular weight excluding hydrogens is 274 g/mol. The number of piperazine rings is 1. The average molecular weight is 295 g/mol. The monoisotopic (exact) mass is 295 g/mol. The number of anilines is 1. The van der Waals surface area contributed by atoms with Gasteiger partial charge in [0.25, 0.3) is 0 Å². The van der Waals surface area contributed by atoms with Crippen molar-refractivity contribution in [3.8, 4) is 0 Å². The van der Waals surface area contributed by atoms with Crippen LogP contribution in [-0.4, -0.2) is 38.1 Å². The highest BCUT2D eigenvalue weighted by Crippen LogP contribution is 2.14. The second-order valence-corrected chi connectivity index (χ2v) is 5.46. The molecule has 22 heavy (non-hydrogen) atoms. The van der Waals surface area contributed by atoms with E-state index in [4.69, 9.17) is 0 Å². The molecule has 0 aliphatic carbocycles. The molecular formula is C18H21N3O. The van der Waals surface area contributed by atoms with Crippen LogP contribution in [-0.2, 0) is 0 Å². The summed E-state index contributed by atoms with van der Waals surface area (Å²) in [5, 5.41) is 6.74. The summed E-state index contributed by atoms with van der Waals surface area (Å²) in [6.45, 7) is 3.09. The molecule has 1 heterocycles. The lowest BCUT2D eigenvalue weighted by atomic mass is 10.1. The second-order valence-electron chi connectivity index (χ2n) is 5.46. The Bertz CT molecular complexity index is 600. The van der Waals surface area contributed by atoms with Gasteiger partial charge in [-0.05, 0) is 12.1 Å². The van der Waals surface area contributed by atoms with Gasteiger partial charge in [-0.1, -0.05) is 48.5 Å². The van der Waals surface area contributed by atoms with Crippen LogP contribution in [0.3, 0.4) is 0 Å². The zero-order valence-corrected chi connectivity index (χ0v) is 12.5. The van der Waals surface area contributed by atoms with Crippen molar-refractivity contribution in [1.82, 2.24) is 10.6 Å². The molecule has 2 aromatic carbocycles. The maximum Gasteiger partial charge on any atom is 0.176 e. The van der Waals surface area contributed by atoms with Crippen LogP contribution in [0.1, 0.15) is 10.4 Å². The summed E-state index contributed by atoms with van der Waals surface area (Å²) in [7, 11) is 0. The van der Waals surface area contributed by atoms with Gasteiger partial charge in [0.2, 0.25) is 0 Å². The van der Waals surface area contributed by atoms with Crippen molar-refractivity contribution in [1.29, 1.82) is 0 Å². The van der Waals surface area contributed by atoms with Crippen LogP contribution in [0.4, 0.5) is 5.69 Å².